The number of rotatable bonds is 2. The van der Waals surface area contributed by atoms with Crippen molar-refractivity contribution in [1.82, 2.24) is 0 Å². The number of aromatic hydroxyl groups is 1. The first-order chi connectivity index (χ1) is 6.49. The van der Waals surface area contributed by atoms with Gasteiger partial charge in [0.2, 0.25) is 5.69 Å². The van der Waals surface area contributed by atoms with Gasteiger partial charge in [-0.2, -0.15) is 4.73 Å². The number of nitrogens with zero attached hydrogens (tertiary/aromatic N) is 2. The number of aryl methyl sites for hydroxylation is 1. The lowest BCUT2D eigenvalue weighted by molar-refractivity contribution is -0.621. The van der Waals surface area contributed by atoms with Crippen molar-refractivity contribution in [2.24, 2.45) is 0 Å². The van der Waals surface area contributed by atoms with Gasteiger partial charge in [-0.3, -0.25) is 10.1 Å². The van der Waals surface area contributed by atoms with Crippen molar-refractivity contribution < 1.29 is 14.8 Å². The van der Waals surface area contributed by atoms with Gasteiger partial charge in [0.1, 0.15) is 0 Å². The normalized spacial score (nSPS) is 10.1. The zero-order chi connectivity index (χ0) is 10.9. The average Bonchev–Trinajstić information content (AvgIpc) is 2.12. The summed E-state index contributed by atoms with van der Waals surface area (Å²) >= 11 is 0. The van der Waals surface area contributed by atoms with Gasteiger partial charge >= 0.3 is 5.69 Å². The van der Waals surface area contributed by atoms with E-state index >= 15 is 0 Å². The lowest BCUT2D eigenvalue weighted by atomic mass is 10.2. The zero-order valence-corrected chi connectivity index (χ0v) is 7.85. The molecule has 0 radical (unpaired) electrons. The molecule has 0 fully saturated rings. The van der Waals surface area contributed by atoms with E-state index in [1.165, 1.54) is 6.92 Å². The highest BCUT2D eigenvalue weighted by atomic mass is 16.6. The summed E-state index contributed by atoms with van der Waals surface area (Å²) in [6.07, 6.45) is 0.248. The number of aromatic nitrogens is 1. The van der Waals surface area contributed by atoms with E-state index < -0.39 is 16.4 Å². The summed E-state index contributed by atoms with van der Waals surface area (Å²) in [5, 5.41) is 31.2. The predicted octanol–water partition coefficient (Wildman–Crippen LogP) is 0.805. The lowest BCUT2D eigenvalue weighted by Crippen LogP contribution is -2.35. The van der Waals surface area contributed by atoms with Gasteiger partial charge in [-0.15, -0.1) is 0 Å². The van der Waals surface area contributed by atoms with Gasteiger partial charge in [0.15, 0.2) is 5.69 Å². The molecule has 0 bridgehead atoms. The maximum Gasteiger partial charge on any atom is 0.323 e. The molecular formula is C8H10N2O4. The molecule has 1 heterocycles. The smallest absolute Gasteiger partial charge is 0.323 e. The second-order valence-electron chi connectivity index (χ2n) is 2.87. The molecule has 0 saturated carbocycles. The fourth-order valence-electron chi connectivity index (χ4n) is 1.23. The zero-order valence-electron chi connectivity index (χ0n) is 7.85. The molecule has 0 aliphatic rings. The Bertz CT molecular complexity index is 389. The minimum Gasteiger partial charge on any atom is -0.618 e. The monoisotopic (exact) mass is 198 g/mol. The summed E-state index contributed by atoms with van der Waals surface area (Å²) in [6, 6.07) is 1.06. The van der Waals surface area contributed by atoms with E-state index in [9.17, 15) is 20.4 Å². The number of pyridine rings is 1. The van der Waals surface area contributed by atoms with E-state index in [4.69, 9.17) is 0 Å². The number of hydrogen-bond acceptors (Lipinski definition) is 4. The van der Waals surface area contributed by atoms with Gasteiger partial charge in [0.05, 0.1) is 11.0 Å². The summed E-state index contributed by atoms with van der Waals surface area (Å²) in [4.78, 5) is 9.78. The Hall–Kier alpha value is -1.85. The number of nitro groups is 1. The molecule has 76 valence electrons. The first-order valence-corrected chi connectivity index (χ1v) is 4.08. The Kier molecular flexibility index (Phi) is 2.55. The molecule has 6 nitrogen and oxygen atoms in total. The summed E-state index contributed by atoms with van der Waals surface area (Å²) in [6.45, 7) is 3.10. The van der Waals surface area contributed by atoms with Gasteiger partial charge in [-0.25, -0.2) is 0 Å². The van der Waals surface area contributed by atoms with Crippen molar-refractivity contribution >= 4 is 5.69 Å². The maximum absolute atomic E-state index is 11.3. The van der Waals surface area contributed by atoms with E-state index in [0.717, 1.165) is 6.07 Å². The van der Waals surface area contributed by atoms with Crippen LogP contribution in [0.3, 0.4) is 0 Å². The van der Waals surface area contributed by atoms with Crippen LogP contribution in [0.4, 0.5) is 5.69 Å². The molecule has 0 saturated heterocycles. The Morgan fingerprint density at radius 3 is 2.64 bits per heavy atom. The molecule has 0 spiro atoms. The molecule has 0 aliphatic carbocycles. The molecule has 0 aromatic carbocycles. The van der Waals surface area contributed by atoms with Crippen LogP contribution in [0.5, 0.6) is 5.75 Å². The van der Waals surface area contributed by atoms with Crippen LogP contribution in [0.15, 0.2) is 6.07 Å². The van der Waals surface area contributed by atoms with Crippen LogP contribution < -0.4 is 4.73 Å². The van der Waals surface area contributed by atoms with Gasteiger partial charge in [-0.05, 0) is 0 Å². The highest BCUT2D eigenvalue weighted by molar-refractivity contribution is 5.46. The standard InChI is InChI=1S/C8H10N2O4/c1-3-6-8(11)7(10(13)14)4-5(2)9(6)12/h4,11H,3H2,1-2H3. The molecule has 0 amide bonds. The predicted molar refractivity (Wildman–Crippen MR) is 47.8 cm³/mol. The molecule has 0 unspecified atom stereocenters. The van der Waals surface area contributed by atoms with E-state index in [1.54, 1.807) is 6.92 Å². The van der Waals surface area contributed by atoms with E-state index in [-0.39, 0.29) is 17.8 Å². The van der Waals surface area contributed by atoms with Crippen LogP contribution in [-0.4, -0.2) is 10.0 Å². The third-order valence-corrected chi connectivity index (χ3v) is 1.96. The quantitative estimate of drug-likeness (QED) is 0.329. The van der Waals surface area contributed by atoms with E-state index in [0.29, 0.717) is 4.73 Å². The molecule has 1 N–H and O–H groups in total. The van der Waals surface area contributed by atoms with Crippen molar-refractivity contribution in [3.05, 3.63) is 32.8 Å². The molecule has 1 aromatic rings. The summed E-state index contributed by atoms with van der Waals surface area (Å²) < 4.78 is 0.502. The first kappa shape index (κ1) is 10.2. The van der Waals surface area contributed by atoms with E-state index in [1.807, 2.05) is 0 Å². The van der Waals surface area contributed by atoms with Gasteiger partial charge in [0, 0.05) is 13.3 Å². The van der Waals surface area contributed by atoms with Crippen LogP contribution >= 0.6 is 0 Å². The third kappa shape index (κ3) is 1.46. The minimum atomic E-state index is -0.707. The largest absolute Gasteiger partial charge is 0.618 e. The van der Waals surface area contributed by atoms with Crippen LogP contribution in [-0.2, 0) is 6.42 Å². The fraction of sp³-hybridized carbons (Fsp3) is 0.375. The van der Waals surface area contributed by atoms with Crippen molar-refractivity contribution in [1.29, 1.82) is 0 Å². The highest BCUT2D eigenvalue weighted by Crippen LogP contribution is 2.28. The highest BCUT2D eigenvalue weighted by Gasteiger charge is 2.25. The SMILES string of the molecule is CCc1c(O)c([N+](=O)[O-])cc(C)[n+]1[O-]. The second kappa shape index (κ2) is 3.49. The van der Waals surface area contributed by atoms with Crippen molar-refractivity contribution in [2.45, 2.75) is 20.3 Å². The Morgan fingerprint density at radius 2 is 2.21 bits per heavy atom. The summed E-state index contributed by atoms with van der Waals surface area (Å²) in [7, 11) is 0. The Balaban J connectivity index is 3.50. The Morgan fingerprint density at radius 1 is 1.64 bits per heavy atom. The lowest BCUT2D eigenvalue weighted by Gasteiger charge is -2.07. The summed E-state index contributed by atoms with van der Waals surface area (Å²) in [5.74, 6) is -0.543. The Labute approximate surface area is 80.2 Å². The molecule has 1 aromatic heterocycles. The third-order valence-electron chi connectivity index (χ3n) is 1.96. The molecule has 6 heteroatoms. The maximum atomic E-state index is 11.3. The minimum absolute atomic E-state index is 0.0247. The van der Waals surface area contributed by atoms with Gasteiger partial charge < -0.3 is 10.3 Å². The van der Waals surface area contributed by atoms with Crippen LogP contribution in [0.25, 0.3) is 0 Å². The van der Waals surface area contributed by atoms with Crippen LogP contribution in [0, 0.1) is 22.2 Å². The van der Waals surface area contributed by atoms with Gasteiger partial charge in [-0.1, -0.05) is 6.92 Å². The molecular weight excluding hydrogens is 188 g/mol. The summed E-state index contributed by atoms with van der Waals surface area (Å²) in [5.41, 5.74) is -0.200. The van der Waals surface area contributed by atoms with Crippen molar-refractivity contribution in [3.8, 4) is 5.75 Å². The van der Waals surface area contributed by atoms with E-state index in [2.05, 4.69) is 0 Å². The van der Waals surface area contributed by atoms with Crippen LogP contribution in [0.2, 0.25) is 0 Å². The molecule has 0 atom stereocenters. The average molecular weight is 198 g/mol. The topological polar surface area (TPSA) is 90.3 Å². The van der Waals surface area contributed by atoms with Crippen molar-refractivity contribution in [3.63, 3.8) is 0 Å². The second-order valence-corrected chi connectivity index (χ2v) is 2.87. The molecule has 14 heavy (non-hydrogen) atoms. The molecule has 0 aliphatic heterocycles. The molecule has 1 rings (SSSR count). The van der Waals surface area contributed by atoms with Crippen molar-refractivity contribution in [2.75, 3.05) is 0 Å². The number of hydrogen-bond donors (Lipinski definition) is 1. The first-order valence-electron chi connectivity index (χ1n) is 4.08. The fourth-order valence-corrected chi connectivity index (χ4v) is 1.23. The van der Waals surface area contributed by atoms with Crippen LogP contribution in [0.1, 0.15) is 18.3 Å². The van der Waals surface area contributed by atoms with Gasteiger partial charge in [0.25, 0.3) is 5.75 Å².